The summed E-state index contributed by atoms with van der Waals surface area (Å²) in [5, 5.41) is 0. The number of rotatable bonds is 6. The van der Waals surface area contributed by atoms with Gasteiger partial charge in [0.1, 0.15) is 0 Å². The molecule has 1 rings (SSSR count). The van der Waals surface area contributed by atoms with Crippen molar-refractivity contribution in [3.8, 4) is 0 Å². The van der Waals surface area contributed by atoms with Crippen molar-refractivity contribution in [1.82, 2.24) is 4.90 Å². The van der Waals surface area contributed by atoms with Crippen molar-refractivity contribution in [2.75, 3.05) is 26.7 Å². The van der Waals surface area contributed by atoms with Gasteiger partial charge in [0.25, 0.3) is 0 Å². The molecule has 1 fully saturated rings. The molecule has 0 radical (unpaired) electrons. The van der Waals surface area contributed by atoms with Crippen LogP contribution in [0.15, 0.2) is 0 Å². The van der Waals surface area contributed by atoms with Gasteiger partial charge in [0.05, 0.1) is 6.10 Å². The second-order valence-corrected chi connectivity index (χ2v) is 6.11. The SMILES string of the molecule is CCN(CC(C)(C)CN)C1CCCC(OC)C1. The van der Waals surface area contributed by atoms with Gasteiger partial charge in [0.15, 0.2) is 0 Å². The standard InChI is InChI=1S/C14H30N2O/c1-5-16(11-14(2,3)10-15)12-7-6-8-13(9-12)17-4/h12-13H,5-11,15H2,1-4H3. The van der Waals surface area contributed by atoms with Crippen LogP contribution < -0.4 is 5.73 Å². The van der Waals surface area contributed by atoms with E-state index in [9.17, 15) is 0 Å². The summed E-state index contributed by atoms with van der Waals surface area (Å²) in [7, 11) is 1.84. The van der Waals surface area contributed by atoms with Gasteiger partial charge in [-0.25, -0.2) is 0 Å². The summed E-state index contributed by atoms with van der Waals surface area (Å²) >= 11 is 0. The van der Waals surface area contributed by atoms with Crippen LogP contribution in [0.2, 0.25) is 0 Å². The van der Waals surface area contributed by atoms with E-state index in [1.165, 1.54) is 25.7 Å². The van der Waals surface area contributed by atoms with E-state index in [0.717, 1.165) is 19.6 Å². The molecule has 2 unspecified atom stereocenters. The highest BCUT2D eigenvalue weighted by Gasteiger charge is 2.29. The molecule has 0 aliphatic heterocycles. The molecule has 2 N–H and O–H groups in total. The summed E-state index contributed by atoms with van der Waals surface area (Å²) in [5.74, 6) is 0. The molecule has 1 aliphatic carbocycles. The number of methoxy groups -OCH3 is 1. The predicted molar refractivity (Wildman–Crippen MR) is 73.1 cm³/mol. The summed E-state index contributed by atoms with van der Waals surface area (Å²) in [4.78, 5) is 2.60. The number of nitrogens with zero attached hydrogens (tertiary/aromatic N) is 1. The first-order chi connectivity index (χ1) is 8.02. The summed E-state index contributed by atoms with van der Waals surface area (Å²) in [6.07, 6.45) is 5.48. The quantitative estimate of drug-likeness (QED) is 0.776. The highest BCUT2D eigenvalue weighted by molar-refractivity contribution is 4.84. The molecule has 0 amide bonds. The molecule has 3 nitrogen and oxygen atoms in total. The smallest absolute Gasteiger partial charge is 0.0586 e. The fraction of sp³-hybridized carbons (Fsp3) is 1.00. The van der Waals surface area contributed by atoms with E-state index in [1.54, 1.807) is 0 Å². The molecule has 0 aromatic heterocycles. The maximum atomic E-state index is 5.84. The zero-order chi connectivity index (χ0) is 12.9. The Bertz CT molecular complexity index is 218. The minimum Gasteiger partial charge on any atom is -0.381 e. The van der Waals surface area contributed by atoms with Gasteiger partial charge < -0.3 is 10.5 Å². The summed E-state index contributed by atoms with van der Waals surface area (Å²) in [6, 6.07) is 0.685. The van der Waals surface area contributed by atoms with Crippen molar-refractivity contribution in [3.05, 3.63) is 0 Å². The third kappa shape index (κ3) is 4.57. The van der Waals surface area contributed by atoms with E-state index >= 15 is 0 Å². The third-order valence-corrected chi connectivity index (χ3v) is 4.04. The minimum absolute atomic E-state index is 0.218. The van der Waals surface area contributed by atoms with Crippen LogP contribution in [0, 0.1) is 5.41 Å². The zero-order valence-corrected chi connectivity index (χ0v) is 12.0. The van der Waals surface area contributed by atoms with Crippen molar-refractivity contribution >= 4 is 0 Å². The molecule has 0 aromatic rings. The van der Waals surface area contributed by atoms with Crippen molar-refractivity contribution in [2.24, 2.45) is 11.1 Å². The lowest BCUT2D eigenvalue weighted by Gasteiger charge is -2.40. The van der Waals surface area contributed by atoms with E-state index in [-0.39, 0.29) is 5.41 Å². The Kier molecular flexibility index (Phi) is 5.90. The van der Waals surface area contributed by atoms with Gasteiger partial charge >= 0.3 is 0 Å². The van der Waals surface area contributed by atoms with Gasteiger partial charge in [-0.15, -0.1) is 0 Å². The Labute approximate surface area is 107 Å². The Morgan fingerprint density at radius 1 is 1.35 bits per heavy atom. The molecule has 3 heteroatoms. The van der Waals surface area contributed by atoms with E-state index in [1.807, 2.05) is 7.11 Å². The fourth-order valence-electron chi connectivity index (χ4n) is 2.78. The number of nitrogens with two attached hydrogens (primary N) is 1. The first-order valence-corrected chi connectivity index (χ1v) is 6.99. The van der Waals surface area contributed by atoms with Crippen LogP contribution in [0.5, 0.6) is 0 Å². The van der Waals surface area contributed by atoms with E-state index < -0.39 is 0 Å². The molecule has 1 saturated carbocycles. The number of hydrogen-bond acceptors (Lipinski definition) is 3. The molecular weight excluding hydrogens is 212 g/mol. The monoisotopic (exact) mass is 242 g/mol. The topological polar surface area (TPSA) is 38.5 Å². The molecule has 0 spiro atoms. The molecule has 17 heavy (non-hydrogen) atoms. The highest BCUT2D eigenvalue weighted by atomic mass is 16.5. The average molecular weight is 242 g/mol. The summed E-state index contributed by atoms with van der Waals surface area (Å²) < 4.78 is 5.52. The molecule has 0 aromatic carbocycles. The lowest BCUT2D eigenvalue weighted by Crippen LogP contribution is -2.46. The van der Waals surface area contributed by atoms with Crippen LogP contribution in [-0.4, -0.2) is 43.8 Å². The molecule has 102 valence electrons. The summed E-state index contributed by atoms with van der Waals surface area (Å²) in [6.45, 7) is 9.73. The van der Waals surface area contributed by atoms with Crippen LogP contribution in [0.1, 0.15) is 46.5 Å². The Hall–Kier alpha value is -0.120. The van der Waals surface area contributed by atoms with Crippen molar-refractivity contribution in [1.29, 1.82) is 0 Å². The fourth-order valence-corrected chi connectivity index (χ4v) is 2.78. The maximum absolute atomic E-state index is 5.84. The first-order valence-electron chi connectivity index (χ1n) is 6.99. The maximum Gasteiger partial charge on any atom is 0.0586 e. The van der Waals surface area contributed by atoms with Crippen molar-refractivity contribution in [2.45, 2.75) is 58.6 Å². The normalized spacial score (nSPS) is 26.5. The van der Waals surface area contributed by atoms with Gasteiger partial charge in [-0.05, 0) is 44.2 Å². The third-order valence-electron chi connectivity index (χ3n) is 4.04. The lowest BCUT2D eigenvalue weighted by atomic mass is 9.88. The molecule has 0 heterocycles. The van der Waals surface area contributed by atoms with Crippen LogP contribution in [-0.2, 0) is 4.74 Å². The number of hydrogen-bond donors (Lipinski definition) is 1. The Morgan fingerprint density at radius 3 is 2.59 bits per heavy atom. The van der Waals surface area contributed by atoms with Gasteiger partial charge in [-0.3, -0.25) is 4.90 Å². The highest BCUT2D eigenvalue weighted by Crippen LogP contribution is 2.27. The van der Waals surface area contributed by atoms with Crippen LogP contribution >= 0.6 is 0 Å². The van der Waals surface area contributed by atoms with E-state index in [2.05, 4.69) is 25.7 Å². The molecule has 1 aliphatic rings. The van der Waals surface area contributed by atoms with E-state index in [4.69, 9.17) is 10.5 Å². The Morgan fingerprint density at radius 2 is 2.06 bits per heavy atom. The minimum atomic E-state index is 0.218. The van der Waals surface area contributed by atoms with Crippen LogP contribution in [0.4, 0.5) is 0 Å². The molecular formula is C14H30N2O. The van der Waals surface area contributed by atoms with Crippen LogP contribution in [0.3, 0.4) is 0 Å². The van der Waals surface area contributed by atoms with Gasteiger partial charge in [-0.2, -0.15) is 0 Å². The van der Waals surface area contributed by atoms with Gasteiger partial charge in [-0.1, -0.05) is 20.8 Å². The van der Waals surface area contributed by atoms with Gasteiger partial charge in [0.2, 0.25) is 0 Å². The average Bonchev–Trinajstić information content (AvgIpc) is 2.36. The Balaban J connectivity index is 2.54. The van der Waals surface area contributed by atoms with Crippen molar-refractivity contribution < 1.29 is 4.74 Å². The lowest BCUT2D eigenvalue weighted by molar-refractivity contribution is 0.0197. The molecule has 0 bridgehead atoms. The van der Waals surface area contributed by atoms with Gasteiger partial charge in [0, 0.05) is 19.7 Å². The zero-order valence-electron chi connectivity index (χ0n) is 12.0. The number of ether oxygens (including phenoxy) is 1. The van der Waals surface area contributed by atoms with E-state index in [0.29, 0.717) is 12.1 Å². The second kappa shape index (κ2) is 6.72. The first kappa shape index (κ1) is 14.9. The van der Waals surface area contributed by atoms with Crippen molar-refractivity contribution in [3.63, 3.8) is 0 Å². The molecule has 2 atom stereocenters. The predicted octanol–water partition coefficient (Wildman–Crippen LogP) is 2.25. The molecule has 0 saturated heterocycles. The second-order valence-electron chi connectivity index (χ2n) is 6.11. The largest absolute Gasteiger partial charge is 0.381 e. The summed E-state index contributed by atoms with van der Waals surface area (Å²) in [5.41, 5.74) is 6.06. The van der Waals surface area contributed by atoms with Crippen LogP contribution in [0.25, 0.3) is 0 Å².